The largest absolute Gasteiger partial charge is 0.317 e. The van der Waals surface area contributed by atoms with Crippen molar-refractivity contribution >= 4 is 0 Å². The van der Waals surface area contributed by atoms with Gasteiger partial charge in [0, 0.05) is 0 Å². The summed E-state index contributed by atoms with van der Waals surface area (Å²) in [7, 11) is 0. The Labute approximate surface area is 92.9 Å². The molecule has 1 aromatic carbocycles. The second-order valence-corrected chi connectivity index (χ2v) is 4.74. The number of hydrogen-bond donors (Lipinski definition) is 1. The van der Waals surface area contributed by atoms with Gasteiger partial charge in [-0.2, -0.15) is 0 Å². The Morgan fingerprint density at radius 3 is 2.53 bits per heavy atom. The Kier molecular flexibility index (Phi) is 3.79. The first-order valence-corrected chi connectivity index (χ1v) is 6.12. The number of benzene rings is 1. The fourth-order valence-corrected chi connectivity index (χ4v) is 2.54. The number of piperidine rings is 1. The predicted molar refractivity (Wildman–Crippen MR) is 65.1 cm³/mol. The van der Waals surface area contributed by atoms with Crippen molar-refractivity contribution in [2.45, 2.75) is 32.1 Å². The van der Waals surface area contributed by atoms with Gasteiger partial charge in [-0.15, -0.1) is 0 Å². The average Bonchev–Trinajstić information content (AvgIpc) is 2.31. The van der Waals surface area contributed by atoms with Gasteiger partial charge in [-0.1, -0.05) is 37.3 Å². The normalized spacial score (nSPS) is 20.1. The molecule has 0 aromatic heterocycles. The molecule has 1 heteroatoms. The molecule has 1 heterocycles. The number of nitrogens with one attached hydrogen (secondary N) is 1. The molecule has 0 bridgehead atoms. The zero-order valence-electron chi connectivity index (χ0n) is 9.58. The highest BCUT2D eigenvalue weighted by molar-refractivity contribution is 5.18. The highest BCUT2D eigenvalue weighted by Gasteiger charge is 2.16. The van der Waals surface area contributed by atoms with Crippen LogP contribution in [0.1, 0.15) is 37.7 Å². The molecule has 0 aliphatic carbocycles. The number of hydrogen-bond acceptors (Lipinski definition) is 1. The summed E-state index contributed by atoms with van der Waals surface area (Å²) in [5.41, 5.74) is 1.50. The molecule has 1 nitrogen and oxygen atoms in total. The van der Waals surface area contributed by atoms with Crippen molar-refractivity contribution in [3.8, 4) is 0 Å². The van der Waals surface area contributed by atoms with E-state index < -0.39 is 0 Å². The third kappa shape index (κ3) is 3.07. The first-order chi connectivity index (χ1) is 7.36. The third-order valence-electron chi connectivity index (χ3n) is 3.51. The van der Waals surface area contributed by atoms with Crippen molar-refractivity contribution < 1.29 is 0 Å². The highest BCUT2D eigenvalue weighted by atomic mass is 14.9. The average molecular weight is 203 g/mol. The van der Waals surface area contributed by atoms with Crippen LogP contribution in [0.3, 0.4) is 0 Å². The lowest BCUT2D eigenvalue weighted by molar-refractivity contribution is 0.337. The van der Waals surface area contributed by atoms with Crippen molar-refractivity contribution in [2.75, 3.05) is 13.1 Å². The van der Waals surface area contributed by atoms with Crippen LogP contribution in [-0.2, 0) is 0 Å². The minimum Gasteiger partial charge on any atom is -0.317 e. The third-order valence-corrected chi connectivity index (χ3v) is 3.51. The fraction of sp³-hybridized carbons (Fsp3) is 0.571. The van der Waals surface area contributed by atoms with Crippen molar-refractivity contribution in [1.29, 1.82) is 0 Å². The minimum atomic E-state index is 0.717. The Morgan fingerprint density at radius 1 is 1.20 bits per heavy atom. The maximum Gasteiger partial charge on any atom is -0.00463 e. The number of rotatable bonds is 3. The van der Waals surface area contributed by atoms with E-state index in [0.717, 1.165) is 5.92 Å². The molecule has 1 aromatic rings. The van der Waals surface area contributed by atoms with Crippen LogP contribution in [0.4, 0.5) is 0 Å². The molecule has 0 saturated carbocycles. The first kappa shape index (κ1) is 10.7. The molecule has 1 unspecified atom stereocenters. The maximum atomic E-state index is 3.43. The zero-order chi connectivity index (χ0) is 10.5. The van der Waals surface area contributed by atoms with Crippen LogP contribution in [0.25, 0.3) is 0 Å². The molecule has 1 aliphatic rings. The fourth-order valence-electron chi connectivity index (χ4n) is 2.54. The molecule has 1 saturated heterocycles. The molecular weight excluding hydrogens is 182 g/mol. The summed E-state index contributed by atoms with van der Waals surface area (Å²) in [6, 6.07) is 10.9. The lowest BCUT2D eigenvalue weighted by Crippen LogP contribution is -2.28. The van der Waals surface area contributed by atoms with Crippen molar-refractivity contribution in [1.82, 2.24) is 5.32 Å². The molecule has 0 spiro atoms. The summed E-state index contributed by atoms with van der Waals surface area (Å²) in [5.74, 6) is 1.65. The van der Waals surface area contributed by atoms with E-state index >= 15 is 0 Å². The summed E-state index contributed by atoms with van der Waals surface area (Å²) < 4.78 is 0. The van der Waals surface area contributed by atoms with Gasteiger partial charge in [0.2, 0.25) is 0 Å². The van der Waals surface area contributed by atoms with E-state index in [2.05, 4.69) is 42.6 Å². The van der Waals surface area contributed by atoms with Crippen LogP contribution < -0.4 is 5.32 Å². The molecule has 0 radical (unpaired) electrons. The summed E-state index contributed by atoms with van der Waals surface area (Å²) in [6.07, 6.45) is 4.07. The Morgan fingerprint density at radius 2 is 1.87 bits per heavy atom. The molecule has 15 heavy (non-hydrogen) atoms. The monoisotopic (exact) mass is 203 g/mol. The zero-order valence-corrected chi connectivity index (χ0v) is 9.58. The molecule has 2 rings (SSSR count). The van der Waals surface area contributed by atoms with Gasteiger partial charge in [0.15, 0.2) is 0 Å². The van der Waals surface area contributed by atoms with E-state index in [-0.39, 0.29) is 0 Å². The second kappa shape index (κ2) is 5.32. The topological polar surface area (TPSA) is 12.0 Å². The lowest BCUT2D eigenvalue weighted by Gasteiger charge is -2.25. The Bertz CT molecular complexity index is 275. The molecule has 1 fully saturated rings. The molecule has 0 amide bonds. The van der Waals surface area contributed by atoms with Crippen LogP contribution in [0.5, 0.6) is 0 Å². The molecular formula is C14H21N. The quantitative estimate of drug-likeness (QED) is 0.795. The van der Waals surface area contributed by atoms with Gasteiger partial charge < -0.3 is 5.32 Å². The highest BCUT2D eigenvalue weighted by Crippen LogP contribution is 2.27. The van der Waals surface area contributed by atoms with Crippen molar-refractivity contribution in [3.63, 3.8) is 0 Å². The molecule has 1 atom stereocenters. The van der Waals surface area contributed by atoms with Crippen molar-refractivity contribution in [2.24, 2.45) is 5.92 Å². The Hall–Kier alpha value is -0.820. The van der Waals surface area contributed by atoms with Gasteiger partial charge in [0.05, 0.1) is 0 Å². The summed E-state index contributed by atoms with van der Waals surface area (Å²) in [6.45, 7) is 4.79. The lowest BCUT2D eigenvalue weighted by atomic mass is 9.85. The smallest absolute Gasteiger partial charge is 0.00463 e. The van der Waals surface area contributed by atoms with E-state index in [1.54, 1.807) is 0 Å². The summed E-state index contributed by atoms with van der Waals surface area (Å²) in [5, 5.41) is 3.43. The van der Waals surface area contributed by atoms with Crippen LogP contribution in [0, 0.1) is 5.92 Å². The second-order valence-electron chi connectivity index (χ2n) is 4.74. The van der Waals surface area contributed by atoms with E-state index in [0.29, 0.717) is 5.92 Å². The van der Waals surface area contributed by atoms with E-state index in [9.17, 15) is 0 Å². The van der Waals surface area contributed by atoms with E-state index in [1.807, 2.05) is 0 Å². The first-order valence-electron chi connectivity index (χ1n) is 6.12. The van der Waals surface area contributed by atoms with Crippen molar-refractivity contribution in [3.05, 3.63) is 35.9 Å². The van der Waals surface area contributed by atoms with Crippen LogP contribution >= 0.6 is 0 Å². The van der Waals surface area contributed by atoms with Crippen LogP contribution in [0.2, 0.25) is 0 Å². The van der Waals surface area contributed by atoms with Crippen LogP contribution in [0.15, 0.2) is 30.3 Å². The van der Waals surface area contributed by atoms with Gasteiger partial charge in [-0.05, 0) is 49.8 Å². The van der Waals surface area contributed by atoms with E-state index in [4.69, 9.17) is 0 Å². The Balaban J connectivity index is 1.88. The predicted octanol–water partition coefficient (Wildman–Crippen LogP) is 3.18. The summed E-state index contributed by atoms with van der Waals surface area (Å²) in [4.78, 5) is 0. The van der Waals surface area contributed by atoms with Gasteiger partial charge in [0.25, 0.3) is 0 Å². The molecule has 1 N–H and O–H groups in total. The van der Waals surface area contributed by atoms with Gasteiger partial charge >= 0.3 is 0 Å². The van der Waals surface area contributed by atoms with Gasteiger partial charge in [-0.3, -0.25) is 0 Å². The van der Waals surface area contributed by atoms with Gasteiger partial charge in [-0.25, -0.2) is 0 Å². The molecule has 1 aliphatic heterocycles. The maximum absolute atomic E-state index is 3.43. The SMILES string of the molecule is CC(CC1CCNCC1)c1ccccc1. The summed E-state index contributed by atoms with van der Waals surface area (Å²) >= 11 is 0. The molecule has 82 valence electrons. The van der Waals surface area contributed by atoms with E-state index in [1.165, 1.54) is 37.9 Å². The standard InChI is InChI=1S/C14H21N/c1-12(14-5-3-2-4-6-14)11-13-7-9-15-10-8-13/h2-6,12-13,15H,7-11H2,1H3. The van der Waals surface area contributed by atoms with Gasteiger partial charge in [0.1, 0.15) is 0 Å². The van der Waals surface area contributed by atoms with Crippen LogP contribution in [-0.4, -0.2) is 13.1 Å². The minimum absolute atomic E-state index is 0.717.